The predicted octanol–water partition coefficient (Wildman–Crippen LogP) is 5.59. The first-order chi connectivity index (χ1) is 19.0. The highest BCUT2D eigenvalue weighted by Crippen LogP contribution is 2.49. The third-order valence-corrected chi connectivity index (χ3v) is 9.52. The van der Waals surface area contributed by atoms with Crippen molar-refractivity contribution in [2.24, 2.45) is 0 Å². The number of anilines is 1. The molecule has 0 bridgehead atoms. The normalized spacial score (nSPS) is 17.7. The van der Waals surface area contributed by atoms with Gasteiger partial charge >= 0.3 is 0 Å². The lowest BCUT2D eigenvalue weighted by Crippen LogP contribution is -2.48. The molecule has 1 saturated heterocycles. The van der Waals surface area contributed by atoms with Gasteiger partial charge in [0.15, 0.2) is 0 Å². The lowest BCUT2D eigenvalue weighted by atomic mass is 10.0. The van der Waals surface area contributed by atoms with Gasteiger partial charge in [-0.05, 0) is 42.6 Å². The minimum Gasteiger partial charge on any atom is -0.378 e. The fourth-order valence-corrected chi connectivity index (χ4v) is 7.22. The van der Waals surface area contributed by atoms with Gasteiger partial charge in [-0.25, -0.2) is 4.68 Å². The molecule has 0 aliphatic carbocycles. The van der Waals surface area contributed by atoms with Crippen LogP contribution >= 0.6 is 34.7 Å². The van der Waals surface area contributed by atoms with Crippen molar-refractivity contribution in [2.75, 3.05) is 43.5 Å². The molecule has 200 valence electrons. The zero-order chi connectivity index (χ0) is 26.9. The second-order valence-corrected chi connectivity index (χ2v) is 12.0. The van der Waals surface area contributed by atoms with Crippen LogP contribution in [-0.2, 0) is 14.3 Å². The maximum atomic E-state index is 13.8. The number of carbonyl (C=O) groups excluding carboxylic acids is 2. The second-order valence-electron chi connectivity index (χ2n) is 9.52. The molecule has 2 aliphatic heterocycles. The van der Waals surface area contributed by atoms with Crippen molar-refractivity contribution >= 4 is 52.3 Å². The number of thiophene rings is 1. The van der Waals surface area contributed by atoms with E-state index in [1.807, 2.05) is 71.6 Å². The van der Waals surface area contributed by atoms with E-state index < -0.39 is 0 Å². The summed E-state index contributed by atoms with van der Waals surface area (Å²) in [4.78, 5) is 31.8. The van der Waals surface area contributed by atoms with Crippen LogP contribution in [0.15, 0.2) is 66.0 Å². The first kappa shape index (κ1) is 26.1. The van der Waals surface area contributed by atoms with Crippen LogP contribution in [0.25, 0.3) is 16.9 Å². The molecule has 10 heteroatoms. The summed E-state index contributed by atoms with van der Waals surface area (Å²) in [6, 6.07) is 19.8. The van der Waals surface area contributed by atoms with Crippen LogP contribution in [0.5, 0.6) is 0 Å². The molecule has 2 aromatic carbocycles. The van der Waals surface area contributed by atoms with Gasteiger partial charge in [0.25, 0.3) is 0 Å². The molecule has 2 aliphatic rings. The number of rotatable bonds is 5. The van der Waals surface area contributed by atoms with Crippen molar-refractivity contribution in [1.82, 2.24) is 14.7 Å². The molecule has 39 heavy (non-hydrogen) atoms. The van der Waals surface area contributed by atoms with E-state index in [-0.39, 0.29) is 29.4 Å². The van der Waals surface area contributed by atoms with E-state index in [1.54, 1.807) is 32.9 Å². The number of aryl methyl sites for hydroxylation is 1. The van der Waals surface area contributed by atoms with Gasteiger partial charge in [0.1, 0.15) is 12.4 Å². The Hall–Kier alpha value is -3.11. The first-order valence-electron chi connectivity index (χ1n) is 12.8. The minimum atomic E-state index is -0.127. The Bertz CT molecular complexity index is 1480. The van der Waals surface area contributed by atoms with Crippen LogP contribution in [-0.4, -0.2) is 65.1 Å². The molecule has 0 spiro atoms. The number of carbonyl (C=O) groups is 2. The summed E-state index contributed by atoms with van der Waals surface area (Å²) < 4.78 is 7.27. The standard InChI is InChI=1S/C29H27ClN4O3S2/c1-19-4-10-22(11-5-19)34-29-26(27(31-34)20-6-8-21(30)9-7-20)28(23-3-2-16-38-23)39-18-25(36)33(29)17-24(35)32-12-14-37-15-13-32/h2-11,16,28H,12-15,17-18H2,1H3/t28-/m0/s1. The molecule has 6 rings (SSSR count). The number of nitrogens with zero attached hydrogens (tertiary/aromatic N) is 4. The summed E-state index contributed by atoms with van der Waals surface area (Å²) in [6.45, 7) is 4.03. The van der Waals surface area contributed by atoms with E-state index in [0.717, 1.165) is 32.9 Å². The smallest absolute Gasteiger partial charge is 0.242 e. The average Bonchev–Trinajstić information content (AvgIpc) is 3.60. The Balaban J connectivity index is 1.57. The largest absolute Gasteiger partial charge is 0.378 e. The highest BCUT2D eigenvalue weighted by Gasteiger charge is 2.38. The zero-order valence-electron chi connectivity index (χ0n) is 21.4. The fourth-order valence-electron chi connectivity index (χ4n) is 4.92. The third-order valence-electron chi connectivity index (χ3n) is 6.94. The zero-order valence-corrected chi connectivity index (χ0v) is 23.8. The number of ether oxygens (including phenoxy) is 1. The third kappa shape index (κ3) is 5.24. The highest BCUT2D eigenvalue weighted by molar-refractivity contribution is 8.00. The quantitative estimate of drug-likeness (QED) is 0.309. The second kappa shape index (κ2) is 11.2. The minimum absolute atomic E-state index is 0.0544. The van der Waals surface area contributed by atoms with Crippen LogP contribution < -0.4 is 4.90 Å². The molecule has 0 unspecified atom stereocenters. The fraction of sp³-hybridized carbons (Fsp3) is 0.276. The van der Waals surface area contributed by atoms with Gasteiger partial charge in [0, 0.05) is 34.1 Å². The summed E-state index contributed by atoms with van der Waals surface area (Å²) in [5.41, 5.74) is 4.54. The Labute approximate surface area is 240 Å². The van der Waals surface area contributed by atoms with E-state index in [4.69, 9.17) is 21.4 Å². The van der Waals surface area contributed by atoms with Gasteiger partial charge in [-0.2, -0.15) is 5.10 Å². The van der Waals surface area contributed by atoms with Crippen molar-refractivity contribution in [2.45, 2.75) is 12.2 Å². The van der Waals surface area contributed by atoms with E-state index >= 15 is 0 Å². The molecule has 2 amide bonds. The maximum absolute atomic E-state index is 13.8. The summed E-state index contributed by atoms with van der Waals surface area (Å²) in [5.74, 6) is 0.681. The molecule has 0 radical (unpaired) electrons. The van der Waals surface area contributed by atoms with E-state index in [1.165, 1.54) is 0 Å². The average molecular weight is 579 g/mol. The number of amides is 2. The summed E-state index contributed by atoms with van der Waals surface area (Å²) in [6.07, 6.45) is 0. The molecule has 0 saturated carbocycles. The van der Waals surface area contributed by atoms with Crippen molar-refractivity contribution in [3.63, 3.8) is 0 Å². The number of thioether (sulfide) groups is 1. The molecule has 1 atom stereocenters. The van der Waals surface area contributed by atoms with E-state index in [9.17, 15) is 9.59 Å². The topological polar surface area (TPSA) is 67.7 Å². The molecule has 4 heterocycles. The number of aromatic nitrogens is 2. The number of morpholine rings is 1. The van der Waals surface area contributed by atoms with Crippen LogP contribution in [0.2, 0.25) is 5.02 Å². The summed E-state index contributed by atoms with van der Waals surface area (Å²) in [5, 5.41) is 7.69. The van der Waals surface area contributed by atoms with Gasteiger partial charge in [0.2, 0.25) is 11.8 Å². The van der Waals surface area contributed by atoms with Crippen LogP contribution in [0.3, 0.4) is 0 Å². The van der Waals surface area contributed by atoms with Crippen LogP contribution in [0, 0.1) is 6.92 Å². The number of halogens is 1. The van der Waals surface area contributed by atoms with Gasteiger partial charge < -0.3 is 9.64 Å². The van der Waals surface area contributed by atoms with Gasteiger partial charge in [-0.3, -0.25) is 14.5 Å². The molecular weight excluding hydrogens is 552 g/mol. The lowest BCUT2D eigenvalue weighted by molar-refractivity contribution is -0.134. The predicted molar refractivity (Wildman–Crippen MR) is 157 cm³/mol. The van der Waals surface area contributed by atoms with Crippen molar-refractivity contribution in [1.29, 1.82) is 0 Å². The van der Waals surface area contributed by atoms with Crippen LogP contribution in [0.1, 0.15) is 21.3 Å². The van der Waals surface area contributed by atoms with Gasteiger partial charge in [-0.15, -0.1) is 23.1 Å². The molecule has 1 fully saturated rings. The number of benzene rings is 2. The van der Waals surface area contributed by atoms with Crippen molar-refractivity contribution < 1.29 is 14.3 Å². The SMILES string of the molecule is Cc1ccc(-n2nc(-c3ccc(Cl)cc3)c3c2N(CC(=O)N2CCOCC2)C(=O)CS[C@H]3c2cccs2)cc1. The van der Waals surface area contributed by atoms with Gasteiger partial charge in [-0.1, -0.05) is 47.5 Å². The number of hydrogen-bond donors (Lipinski definition) is 0. The Morgan fingerprint density at radius 2 is 1.82 bits per heavy atom. The molecule has 0 N–H and O–H groups in total. The Morgan fingerprint density at radius 3 is 2.51 bits per heavy atom. The maximum Gasteiger partial charge on any atom is 0.242 e. The van der Waals surface area contributed by atoms with Crippen molar-refractivity contribution in [3.8, 4) is 16.9 Å². The summed E-state index contributed by atoms with van der Waals surface area (Å²) >= 11 is 9.47. The van der Waals surface area contributed by atoms with Gasteiger partial charge in [0.05, 0.1) is 35.6 Å². The lowest BCUT2D eigenvalue weighted by Gasteiger charge is -2.30. The van der Waals surface area contributed by atoms with Crippen molar-refractivity contribution in [3.05, 3.63) is 87.1 Å². The monoisotopic (exact) mass is 578 g/mol. The van der Waals surface area contributed by atoms with E-state index in [0.29, 0.717) is 37.1 Å². The first-order valence-corrected chi connectivity index (χ1v) is 15.1. The Morgan fingerprint density at radius 1 is 1.08 bits per heavy atom. The van der Waals surface area contributed by atoms with E-state index in [2.05, 4.69) is 6.07 Å². The Kier molecular flexibility index (Phi) is 7.49. The molecular formula is C29H27ClN4O3S2. The summed E-state index contributed by atoms with van der Waals surface area (Å²) in [7, 11) is 0. The van der Waals surface area contributed by atoms with Crippen LogP contribution in [0.4, 0.5) is 5.82 Å². The highest BCUT2D eigenvalue weighted by atomic mass is 35.5. The molecule has 2 aromatic heterocycles. The molecule has 4 aromatic rings. The number of fused-ring (bicyclic) bond motifs is 1. The molecule has 7 nitrogen and oxygen atoms in total. The number of hydrogen-bond acceptors (Lipinski definition) is 6.